The molecule has 430 valence electrons. The monoisotopic (exact) mass is 1160 g/mol. The fourth-order valence-electron chi connectivity index (χ4n) is 8.16. The van der Waals surface area contributed by atoms with Crippen LogP contribution in [0.5, 0.6) is 11.5 Å². The highest BCUT2D eigenvalue weighted by Crippen LogP contribution is 2.24. The molecule has 1 saturated heterocycles. The van der Waals surface area contributed by atoms with Crippen molar-refractivity contribution in [1.82, 2.24) is 37.2 Å². The number of rotatable bonds is 20. The van der Waals surface area contributed by atoms with E-state index in [1.807, 2.05) is 0 Å². The number of aliphatic hydroxyl groups excluding tert-OH is 1. The number of methoxy groups -OCH3 is 1. The van der Waals surface area contributed by atoms with Gasteiger partial charge in [0.2, 0.25) is 53.2 Å². The Bertz CT molecular complexity index is 2780. The Balaban J connectivity index is 1.57. The molecular formula is C54H68ClN11O12S2. The van der Waals surface area contributed by atoms with Crippen molar-refractivity contribution in [3.8, 4) is 11.5 Å². The van der Waals surface area contributed by atoms with Gasteiger partial charge in [0.05, 0.1) is 19.3 Å². The summed E-state index contributed by atoms with van der Waals surface area (Å²) in [6, 6.07) is 13.2. The molecule has 0 radical (unpaired) electrons. The summed E-state index contributed by atoms with van der Waals surface area (Å²) in [5.74, 6) is -8.05. The summed E-state index contributed by atoms with van der Waals surface area (Å²) in [5, 5.41) is 40.0. The highest BCUT2D eigenvalue weighted by Gasteiger charge is 2.36. The van der Waals surface area contributed by atoms with Crippen molar-refractivity contribution in [1.29, 1.82) is 0 Å². The minimum atomic E-state index is -1.75. The zero-order chi connectivity index (χ0) is 58.5. The lowest BCUT2D eigenvalue weighted by Crippen LogP contribution is -2.62. The summed E-state index contributed by atoms with van der Waals surface area (Å²) in [6.07, 6.45) is -1.47. The maximum atomic E-state index is 14.7. The van der Waals surface area contributed by atoms with Crippen LogP contribution in [-0.4, -0.2) is 143 Å². The van der Waals surface area contributed by atoms with Gasteiger partial charge in [0.1, 0.15) is 53.8 Å². The van der Waals surface area contributed by atoms with Crippen LogP contribution in [-0.2, 0) is 64.0 Å². The first kappa shape index (κ1) is 63.4. The predicted molar refractivity (Wildman–Crippen MR) is 303 cm³/mol. The van der Waals surface area contributed by atoms with Gasteiger partial charge in [-0.05, 0) is 110 Å². The predicted octanol–water partition coefficient (Wildman–Crippen LogP) is -0.465. The summed E-state index contributed by atoms with van der Waals surface area (Å²) in [7, 11) is 3.41. The second kappa shape index (κ2) is 31.4. The first-order valence-corrected chi connectivity index (χ1v) is 28.3. The summed E-state index contributed by atoms with van der Waals surface area (Å²) in [5.41, 5.74) is 25.7. The lowest BCUT2D eigenvalue weighted by Gasteiger charge is -2.29. The lowest BCUT2D eigenvalue weighted by atomic mass is 10.00. The van der Waals surface area contributed by atoms with Crippen LogP contribution in [0.25, 0.3) is 0 Å². The number of carbonyl (C=O) groups excluding carboxylic acids is 9. The molecule has 1 aliphatic rings. The van der Waals surface area contributed by atoms with Crippen molar-refractivity contribution in [2.45, 2.75) is 106 Å². The van der Waals surface area contributed by atoms with Crippen molar-refractivity contribution in [3.05, 3.63) is 130 Å². The molecule has 1 aliphatic heterocycles. The van der Waals surface area contributed by atoms with Crippen LogP contribution in [0.1, 0.15) is 58.8 Å². The molecule has 1 heterocycles. The van der Waals surface area contributed by atoms with Crippen LogP contribution in [0.4, 0.5) is 0 Å². The first-order chi connectivity index (χ1) is 38.1. The molecular weight excluding hydrogens is 1090 g/mol. The first-order valence-electron chi connectivity index (χ1n) is 25.5. The molecule has 23 nitrogen and oxygen atoms in total. The van der Waals surface area contributed by atoms with E-state index in [2.05, 4.69) is 37.2 Å². The van der Waals surface area contributed by atoms with Gasteiger partial charge < -0.3 is 75.1 Å². The minimum absolute atomic E-state index is 0.0306. The van der Waals surface area contributed by atoms with Gasteiger partial charge in [-0.3, -0.25) is 43.2 Å². The summed E-state index contributed by atoms with van der Waals surface area (Å²) >= 11 is 6.07. The van der Waals surface area contributed by atoms with E-state index in [-0.39, 0.29) is 67.9 Å². The Kier molecular flexibility index (Phi) is 24.9. The van der Waals surface area contributed by atoms with Crippen LogP contribution < -0.4 is 64.9 Å². The van der Waals surface area contributed by atoms with E-state index in [0.717, 1.165) is 21.6 Å². The van der Waals surface area contributed by atoms with Crippen molar-refractivity contribution < 1.29 is 58.1 Å². The molecule has 1 unspecified atom stereocenters. The average molecular weight is 1160 g/mol. The van der Waals surface area contributed by atoms with Crippen molar-refractivity contribution in [3.63, 3.8) is 0 Å². The Labute approximate surface area is 475 Å². The molecule has 9 amide bonds. The number of carbonyl (C=O) groups is 9. The maximum Gasteiger partial charge on any atom is 0.248 e. The highest BCUT2D eigenvalue weighted by molar-refractivity contribution is 8.76. The minimum Gasteiger partial charge on any atom is -0.508 e. The number of nitrogens with two attached hydrogens (primary N) is 4. The molecule has 0 spiro atoms. The molecule has 4 aromatic carbocycles. The largest absolute Gasteiger partial charge is 0.508 e. The molecule has 26 heteroatoms. The number of ether oxygens (including phenoxy) is 1. The number of amides is 9. The number of primary amides is 2. The third-order valence-electron chi connectivity index (χ3n) is 12.7. The molecule has 80 heavy (non-hydrogen) atoms. The summed E-state index contributed by atoms with van der Waals surface area (Å²) in [4.78, 5) is 126. The lowest BCUT2D eigenvalue weighted by molar-refractivity contribution is -0.136. The third-order valence-corrected chi connectivity index (χ3v) is 15.4. The zero-order valence-corrected chi connectivity index (χ0v) is 46.4. The number of phenols is 1. The second-order valence-corrected chi connectivity index (χ2v) is 22.0. The number of hydrogen-bond donors (Lipinski definition) is 13. The summed E-state index contributed by atoms with van der Waals surface area (Å²) in [6.45, 7) is 1.43. The van der Waals surface area contributed by atoms with Crippen molar-refractivity contribution >= 4 is 86.4 Å². The number of phenolic OH excluding ortho intramolecular Hbond substituents is 1. The quantitative estimate of drug-likeness (QED) is 0.0393. The number of nitrogens with one attached hydrogen (secondary N) is 7. The van der Waals surface area contributed by atoms with E-state index in [4.69, 9.17) is 39.3 Å². The second-order valence-electron chi connectivity index (χ2n) is 19.0. The Morgan fingerprint density at radius 2 is 1.21 bits per heavy atom. The van der Waals surface area contributed by atoms with Gasteiger partial charge in [-0.2, -0.15) is 0 Å². The van der Waals surface area contributed by atoms with Crippen molar-refractivity contribution in [2.75, 3.05) is 25.2 Å². The third kappa shape index (κ3) is 20.0. The standard InChI is InChI=1S/C54H68ClN11O12S2/c1-29(67)45-54(77)65-44(52(75)61-40(47(59)70)24-33-12-20-37(78-2)21-13-33)28-80-79-27-43(64-48(71)38(57)23-30-8-16-35(55)17-9-30)53(76)63-42(26-32-10-18-36(68)19-11-32)51(74)62-41(25-31-6-14-34(15-7-31)46(58)69)50(73)60-39(49(72)66-45)5-3-4-22-56/h6-21,29,38-45,67-68H,3-5,22-28,56-57H2,1-2H3,(H2,58,69)(H2,59,70)(H,60,73)(H,61,75)(H,62,74)(H,63,76)(H,64,71)(H,65,77)(H,66,72)/t29-,38+,39+,40?,41-,42+,43-,44+,45+/m1/s1. The van der Waals surface area contributed by atoms with Crippen molar-refractivity contribution in [2.24, 2.45) is 22.9 Å². The SMILES string of the molecule is COc1ccc(CC(NC(=O)[C@@H]2CSSC[C@@H](NC(=O)[C@@H](N)Cc3ccc(Cl)cc3)C(=O)N[C@@H](Cc3ccc(O)cc3)C(=O)N[C@H](Cc3ccc(C(N)=O)cc3)C(=O)N[C@@H](CCCCN)C(=O)N[C@@H]([C@@H](C)O)C(=O)N2)C(N)=O)cc1. The van der Waals surface area contributed by atoms with Gasteiger partial charge in [-0.1, -0.05) is 81.7 Å². The van der Waals surface area contributed by atoms with E-state index in [0.29, 0.717) is 39.4 Å². The van der Waals surface area contributed by atoms with E-state index in [1.165, 1.54) is 62.6 Å². The van der Waals surface area contributed by atoms with Crippen LogP contribution >= 0.6 is 33.2 Å². The number of unbranched alkanes of at least 4 members (excludes halogenated alkanes) is 1. The molecule has 5 rings (SSSR count). The van der Waals surface area contributed by atoms with Crippen LogP contribution in [0.2, 0.25) is 5.02 Å². The fourth-order valence-corrected chi connectivity index (χ4v) is 10.6. The van der Waals surface area contributed by atoms with Crippen LogP contribution in [0, 0.1) is 0 Å². The van der Waals surface area contributed by atoms with Gasteiger partial charge in [0.25, 0.3) is 0 Å². The number of halogens is 1. The van der Waals surface area contributed by atoms with Gasteiger partial charge in [-0.25, -0.2) is 0 Å². The van der Waals surface area contributed by atoms with Gasteiger partial charge in [-0.15, -0.1) is 0 Å². The average Bonchev–Trinajstić information content (AvgIpc) is 3.42. The highest BCUT2D eigenvalue weighted by atomic mass is 35.5. The van der Waals surface area contributed by atoms with Gasteiger partial charge in [0.15, 0.2) is 0 Å². The number of hydrogen-bond acceptors (Lipinski definition) is 16. The normalized spacial score (nSPS) is 20.9. The van der Waals surface area contributed by atoms with E-state index >= 15 is 0 Å². The molecule has 9 atom stereocenters. The Morgan fingerprint density at radius 1 is 0.688 bits per heavy atom. The number of aromatic hydroxyl groups is 1. The Hall–Kier alpha value is -7.42. The molecule has 0 aliphatic carbocycles. The molecule has 17 N–H and O–H groups in total. The molecule has 0 saturated carbocycles. The number of benzene rings is 4. The van der Waals surface area contributed by atoms with Crippen LogP contribution in [0.15, 0.2) is 97.1 Å². The van der Waals surface area contributed by atoms with Crippen LogP contribution in [0.3, 0.4) is 0 Å². The van der Waals surface area contributed by atoms with E-state index in [1.54, 1.807) is 48.5 Å². The van der Waals surface area contributed by atoms with E-state index in [9.17, 15) is 53.4 Å². The molecule has 1 fully saturated rings. The smallest absolute Gasteiger partial charge is 0.248 e. The van der Waals surface area contributed by atoms with Gasteiger partial charge in [0, 0.05) is 41.4 Å². The molecule has 0 bridgehead atoms. The summed E-state index contributed by atoms with van der Waals surface area (Å²) < 4.78 is 5.22. The zero-order valence-electron chi connectivity index (χ0n) is 44.0. The topological polar surface area (TPSA) is 392 Å². The van der Waals surface area contributed by atoms with E-state index < -0.39 is 108 Å². The van der Waals surface area contributed by atoms with Gasteiger partial charge >= 0.3 is 0 Å². The number of aliphatic hydroxyl groups is 1. The molecule has 4 aromatic rings. The fraction of sp³-hybridized carbons (Fsp3) is 0.389. The Morgan fingerprint density at radius 3 is 1.77 bits per heavy atom. The maximum absolute atomic E-state index is 14.7. The molecule has 0 aromatic heterocycles.